The maximum absolute atomic E-state index is 12.1. The molecule has 0 saturated heterocycles. The van der Waals surface area contributed by atoms with Crippen LogP contribution >= 0.6 is 15.9 Å². The molecule has 2 rings (SSSR count). The van der Waals surface area contributed by atoms with E-state index in [1.165, 1.54) is 0 Å². The van der Waals surface area contributed by atoms with Gasteiger partial charge in [-0.05, 0) is 47.7 Å². The van der Waals surface area contributed by atoms with Crippen LogP contribution in [0.2, 0.25) is 0 Å². The number of anilines is 1. The third-order valence-electron chi connectivity index (χ3n) is 3.52. The molecule has 0 fully saturated rings. The molecule has 3 nitrogen and oxygen atoms in total. The molecule has 2 aromatic carbocycles. The van der Waals surface area contributed by atoms with E-state index in [1.807, 2.05) is 49.4 Å². The number of amides is 1. The largest absolute Gasteiger partial charge is 0.483 e. The van der Waals surface area contributed by atoms with Crippen LogP contribution in [0.5, 0.6) is 5.75 Å². The van der Waals surface area contributed by atoms with Crippen molar-refractivity contribution in [3.05, 3.63) is 58.1 Å². The highest BCUT2D eigenvalue weighted by molar-refractivity contribution is 9.10. The highest BCUT2D eigenvalue weighted by atomic mass is 79.9. The second-order valence-corrected chi connectivity index (χ2v) is 7.46. The molecule has 0 aliphatic heterocycles. The Labute approximate surface area is 146 Å². The van der Waals surface area contributed by atoms with Crippen molar-refractivity contribution in [3.63, 3.8) is 0 Å². The van der Waals surface area contributed by atoms with Crippen LogP contribution < -0.4 is 10.1 Å². The molecule has 0 heterocycles. The Morgan fingerprint density at radius 1 is 1.17 bits per heavy atom. The summed E-state index contributed by atoms with van der Waals surface area (Å²) in [4.78, 5) is 12.1. The van der Waals surface area contributed by atoms with Gasteiger partial charge in [0.05, 0.1) is 0 Å². The molecule has 0 spiro atoms. The minimum absolute atomic E-state index is 0.0113. The lowest BCUT2D eigenvalue weighted by atomic mass is 9.86. The molecule has 122 valence electrons. The minimum atomic E-state index is -0.167. The van der Waals surface area contributed by atoms with Crippen LogP contribution in [-0.4, -0.2) is 12.5 Å². The summed E-state index contributed by atoms with van der Waals surface area (Å²) < 4.78 is 6.73. The molecule has 0 aliphatic rings. The molecule has 4 heteroatoms. The molecule has 0 atom stereocenters. The maximum atomic E-state index is 12.1. The summed E-state index contributed by atoms with van der Waals surface area (Å²) in [7, 11) is 0. The summed E-state index contributed by atoms with van der Waals surface area (Å²) in [6.07, 6.45) is 0. The lowest BCUT2D eigenvalue weighted by Crippen LogP contribution is -2.22. The molecular formula is C19H22BrNO2. The first-order valence-corrected chi connectivity index (χ1v) is 8.35. The third kappa shape index (κ3) is 4.83. The Kier molecular flexibility index (Phi) is 5.47. The first-order chi connectivity index (χ1) is 10.8. The summed E-state index contributed by atoms with van der Waals surface area (Å²) in [6.45, 7) is 8.32. The molecule has 0 radical (unpaired) electrons. The number of rotatable bonds is 4. The summed E-state index contributed by atoms with van der Waals surface area (Å²) in [5.74, 6) is 0.585. The fraction of sp³-hybridized carbons (Fsp3) is 0.316. The van der Waals surface area contributed by atoms with Crippen LogP contribution in [0.4, 0.5) is 5.69 Å². The van der Waals surface area contributed by atoms with Crippen LogP contribution in [-0.2, 0) is 10.2 Å². The van der Waals surface area contributed by atoms with Crippen LogP contribution in [0, 0.1) is 6.92 Å². The van der Waals surface area contributed by atoms with Crippen LogP contribution in [0.1, 0.15) is 31.9 Å². The number of para-hydroxylation sites is 1. The Balaban J connectivity index is 2.03. The topological polar surface area (TPSA) is 38.3 Å². The Morgan fingerprint density at radius 3 is 2.52 bits per heavy atom. The Bertz CT molecular complexity index is 705. The predicted molar refractivity (Wildman–Crippen MR) is 98.1 cm³/mol. The Morgan fingerprint density at radius 2 is 1.87 bits per heavy atom. The van der Waals surface area contributed by atoms with E-state index in [2.05, 4.69) is 42.0 Å². The first kappa shape index (κ1) is 17.5. The summed E-state index contributed by atoms with van der Waals surface area (Å²) >= 11 is 3.41. The molecule has 23 heavy (non-hydrogen) atoms. The van der Waals surface area contributed by atoms with Gasteiger partial charge in [0.15, 0.2) is 6.61 Å². The van der Waals surface area contributed by atoms with Gasteiger partial charge in [0, 0.05) is 10.2 Å². The molecule has 1 N–H and O–H groups in total. The zero-order chi connectivity index (χ0) is 17.0. The van der Waals surface area contributed by atoms with E-state index in [0.29, 0.717) is 0 Å². The summed E-state index contributed by atoms with van der Waals surface area (Å²) in [6, 6.07) is 13.6. The average molecular weight is 376 g/mol. The van der Waals surface area contributed by atoms with Crippen LogP contribution in [0.15, 0.2) is 46.9 Å². The van der Waals surface area contributed by atoms with Gasteiger partial charge in [-0.15, -0.1) is 0 Å². The van der Waals surface area contributed by atoms with E-state index < -0.39 is 0 Å². The Hall–Kier alpha value is -1.81. The quantitative estimate of drug-likeness (QED) is 0.809. The van der Waals surface area contributed by atoms with Gasteiger partial charge >= 0.3 is 0 Å². The van der Waals surface area contributed by atoms with E-state index in [4.69, 9.17) is 4.74 Å². The van der Waals surface area contributed by atoms with Crippen molar-refractivity contribution in [1.29, 1.82) is 0 Å². The molecule has 0 bridgehead atoms. The number of carbonyl (C=O) groups is 1. The number of ether oxygens (including phenoxy) is 1. The van der Waals surface area contributed by atoms with Crippen molar-refractivity contribution in [2.75, 3.05) is 11.9 Å². The smallest absolute Gasteiger partial charge is 0.262 e. The number of benzene rings is 2. The average Bonchev–Trinajstić information content (AvgIpc) is 2.47. The minimum Gasteiger partial charge on any atom is -0.483 e. The predicted octanol–water partition coefficient (Wildman–Crippen LogP) is 5.07. The van der Waals surface area contributed by atoms with Gasteiger partial charge in [-0.1, -0.05) is 54.9 Å². The molecule has 0 aliphatic carbocycles. The lowest BCUT2D eigenvalue weighted by Gasteiger charge is -2.22. The van der Waals surface area contributed by atoms with E-state index in [9.17, 15) is 4.79 Å². The van der Waals surface area contributed by atoms with Crippen molar-refractivity contribution in [3.8, 4) is 5.75 Å². The molecule has 0 saturated carbocycles. The molecular weight excluding hydrogens is 354 g/mol. The lowest BCUT2D eigenvalue weighted by molar-refractivity contribution is -0.118. The van der Waals surface area contributed by atoms with E-state index >= 15 is 0 Å². The zero-order valence-corrected chi connectivity index (χ0v) is 15.5. The molecule has 2 aromatic rings. The first-order valence-electron chi connectivity index (χ1n) is 7.55. The standard InChI is InChI=1S/C19H22BrNO2/c1-13-11-14(20)9-10-16(13)21-18(22)12-23-17-8-6-5-7-15(17)19(2,3)4/h5-11H,12H2,1-4H3,(H,21,22). The van der Waals surface area contributed by atoms with Crippen molar-refractivity contribution in [2.24, 2.45) is 0 Å². The maximum Gasteiger partial charge on any atom is 0.262 e. The number of halogens is 1. The fourth-order valence-electron chi connectivity index (χ4n) is 2.31. The van der Waals surface area contributed by atoms with E-state index in [-0.39, 0.29) is 17.9 Å². The number of hydrogen-bond acceptors (Lipinski definition) is 2. The monoisotopic (exact) mass is 375 g/mol. The number of hydrogen-bond donors (Lipinski definition) is 1. The van der Waals surface area contributed by atoms with Gasteiger partial charge in [0.1, 0.15) is 5.75 Å². The SMILES string of the molecule is Cc1cc(Br)ccc1NC(=O)COc1ccccc1C(C)(C)C. The fourth-order valence-corrected chi connectivity index (χ4v) is 2.78. The van der Waals surface area contributed by atoms with Crippen molar-refractivity contribution < 1.29 is 9.53 Å². The number of nitrogens with one attached hydrogen (secondary N) is 1. The van der Waals surface area contributed by atoms with E-state index in [0.717, 1.165) is 27.0 Å². The van der Waals surface area contributed by atoms with Crippen LogP contribution in [0.25, 0.3) is 0 Å². The van der Waals surface area contributed by atoms with Gasteiger partial charge < -0.3 is 10.1 Å². The van der Waals surface area contributed by atoms with Crippen molar-refractivity contribution >= 4 is 27.5 Å². The van der Waals surface area contributed by atoms with Gasteiger partial charge in [-0.25, -0.2) is 0 Å². The summed E-state index contributed by atoms with van der Waals surface area (Å²) in [5, 5.41) is 2.88. The molecule has 0 unspecified atom stereocenters. The van der Waals surface area contributed by atoms with Gasteiger partial charge in [0.25, 0.3) is 5.91 Å². The zero-order valence-electron chi connectivity index (χ0n) is 13.9. The van der Waals surface area contributed by atoms with Gasteiger partial charge in [-0.3, -0.25) is 4.79 Å². The summed E-state index contributed by atoms with van der Waals surface area (Å²) in [5.41, 5.74) is 2.86. The third-order valence-corrected chi connectivity index (χ3v) is 4.01. The highest BCUT2D eigenvalue weighted by Gasteiger charge is 2.19. The second-order valence-electron chi connectivity index (χ2n) is 6.54. The van der Waals surface area contributed by atoms with Crippen molar-refractivity contribution in [1.82, 2.24) is 0 Å². The van der Waals surface area contributed by atoms with E-state index in [1.54, 1.807) is 0 Å². The van der Waals surface area contributed by atoms with Crippen LogP contribution in [0.3, 0.4) is 0 Å². The normalized spacial score (nSPS) is 11.2. The highest BCUT2D eigenvalue weighted by Crippen LogP contribution is 2.30. The number of carbonyl (C=O) groups excluding carboxylic acids is 1. The van der Waals surface area contributed by atoms with Gasteiger partial charge in [0.2, 0.25) is 0 Å². The van der Waals surface area contributed by atoms with Gasteiger partial charge in [-0.2, -0.15) is 0 Å². The molecule has 0 aromatic heterocycles. The molecule has 1 amide bonds. The number of aryl methyl sites for hydroxylation is 1. The van der Waals surface area contributed by atoms with Crippen molar-refractivity contribution in [2.45, 2.75) is 33.1 Å². The second kappa shape index (κ2) is 7.18.